The van der Waals surface area contributed by atoms with Gasteiger partial charge in [0.25, 0.3) is 0 Å². The molecule has 6 nitrogen and oxygen atoms in total. The molecule has 1 aromatic rings. The zero-order chi connectivity index (χ0) is 9.97. The molecule has 1 unspecified atom stereocenters. The Hall–Kier alpha value is -1.43. The molecule has 1 atom stereocenters. The summed E-state index contributed by atoms with van der Waals surface area (Å²) in [4.78, 5) is 15.4. The van der Waals surface area contributed by atoms with Gasteiger partial charge in [-0.3, -0.25) is 4.79 Å². The maximum atomic E-state index is 11.6. The van der Waals surface area contributed by atoms with Crippen LogP contribution in [0.3, 0.4) is 0 Å². The van der Waals surface area contributed by atoms with E-state index >= 15 is 0 Å². The molecule has 0 bridgehead atoms. The lowest BCUT2D eigenvalue weighted by atomic mass is 10.2. The van der Waals surface area contributed by atoms with Gasteiger partial charge in [-0.2, -0.15) is 5.10 Å². The number of nitrogens with one attached hydrogen (secondary N) is 1. The van der Waals surface area contributed by atoms with Crippen LogP contribution in [0, 0.1) is 0 Å². The fourth-order valence-electron chi connectivity index (χ4n) is 1.18. The molecule has 1 aromatic heterocycles. The van der Waals surface area contributed by atoms with Gasteiger partial charge in [-0.15, -0.1) is 0 Å². The third-order valence-corrected chi connectivity index (χ3v) is 2.20. The Kier molecular flexibility index (Phi) is 2.45. The molecular weight excluding hydrogens is 184 g/mol. The van der Waals surface area contributed by atoms with E-state index in [2.05, 4.69) is 15.4 Å². The van der Waals surface area contributed by atoms with E-state index in [4.69, 9.17) is 4.74 Å². The van der Waals surface area contributed by atoms with E-state index in [0.29, 0.717) is 13.2 Å². The van der Waals surface area contributed by atoms with Crippen LogP contribution in [0.5, 0.6) is 0 Å². The minimum atomic E-state index is -0.321. The first-order valence-electron chi connectivity index (χ1n) is 4.49. The Bertz CT molecular complexity index is 307. The summed E-state index contributed by atoms with van der Waals surface area (Å²) in [5.41, 5.74) is 0. The fraction of sp³-hybridized carbons (Fsp3) is 0.625. The molecule has 14 heavy (non-hydrogen) atoms. The van der Waals surface area contributed by atoms with E-state index in [0.717, 1.165) is 0 Å². The van der Waals surface area contributed by atoms with Gasteiger partial charge in [0.2, 0.25) is 5.91 Å². The molecule has 0 aliphatic carbocycles. The van der Waals surface area contributed by atoms with Crippen molar-refractivity contribution in [1.82, 2.24) is 20.1 Å². The molecule has 1 saturated heterocycles. The Balaban J connectivity index is 1.90. The number of hydrogen-bond donors (Lipinski definition) is 1. The highest BCUT2D eigenvalue weighted by atomic mass is 16.5. The first kappa shape index (κ1) is 9.14. The third-order valence-electron chi connectivity index (χ3n) is 2.20. The Morgan fingerprint density at radius 1 is 1.71 bits per heavy atom. The summed E-state index contributed by atoms with van der Waals surface area (Å²) in [5.74, 6) is -0.0520. The molecule has 1 amide bonds. The van der Waals surface area contributed by atoms with Crippen LogP contribution in [-0.4, -0.2) is 39.9 Å². The van der Waals surface area contributed by atoms with Crippen molar-refractivity contribution in [3.05, 3.63) is 12.7 Å². The number of carbonyl (C=O) groups excluding carboxylic acids is 1. The van der Waals surface area contributed by atoms with Gasteiger partial charge in [-0.25, -0.2) is 9.67 Å². The van der Waals surface area contributed by atoms with Crippen molar-refractivity contribution in [3.8, 4) is 0 Å². The summed E-state index contributed by atoms with van der Waals surface area (Å²) in [5, 5.41) is 6.75. The number of nitrogens with zero attached hydrogens (tertiary/aromatic N) is 3. The summed E-state index contributed by atoms with van der Waals surface area (Å²) in [6, 6.07) is -0.161. The van der Waals surface area contributed by atoms with E-state index < -0.39 is 0 Å². The van der Waals surface area contributed by atoms with E-state index in [1.807, 2.05) is 0 Å². The predicted molar refractivity (Wildman–Crippen MR) is 47.5 cm³/mol. The number of aromatic nitrogens is 3. The maximum Gasteiger partial charge on any atom is 0.245 e. The monoisotopic (exact) mass is 196 g/mol. The average Bonchev–Trinajstić information content (AvgIpc) is 2.62. The van der Waals surface area contributed by atoms with Gasteiger partial charge in [0.05, 0.1) is 19.3 Å². The Labute approximate surface area is 81.3 Å². The zero-order valence-corrected chi connectivity index (χ0v) is 7.88. The van der Waals surface area contributed by atoms with Crippen molar-refractivity contribution in [3.63, 3.8) is 0 Å². The minimum absolute atomic E-state index is 0.0520. The quantitative estimate of drug-likeness (QED) is 0.697. The molecule has 0 spiro atoms. The standard InChI is InChI=1S/C8H12N4O2/c1-6(12-5-9-4-10-12)8(13)11-7-2-14-3-7/h4-7H,2-3H2,1H3,(H,11,13). The minimum Gasteiger partial charge on any atom is -0.377 e. The molecular formula is C8H12N4O2. The van der Waals surface area contributed by atoms with E-state index in [1.54, 1.807) is 6.92 Å². The van der Waals surface area contributed by atoms with Gasteiger partial charge in [-0.05, 0) is 6.92 Å². The Morgan fingerprint density at radius 3 is 3.00 bits per heavy atom. The van der Waals surface area contributed by atoms with Crippen LogP contribution in [0.1, 0.15) is 13.0 Å². The van der Waals surface area contributed by atoms with Crippen LogP contribution >= 0.6 is 0 Å². The van der Waals surface area contributed by atoms with Crippen LogP contribution in [0.4, 0.5) is 0 Å². The van der Waals surface area contributed by atoms with Gasteiger partial charge in [0, 0.05) is 0 Å². The summed E-state index contributed by atoms with van der Waals surface area (Å²) in [7, 11) is 0. The number of amides is 1. The molecule has 1 aliphatic heterocycles. The normalized spacial score (nSPS) is 18.6. The second kappa shape index (κ2) is 3.75. The molecule has 6 heteroatoms. The summed E-state index contributed by atoms with van der Waals surface area (Å²) >= 11 is 0. The second-order valence-corrected chi connectivity index (χ2v) is 3.29. The van der Waals surface area contributed by atoms with Crippen molar-refractivity contribution >= 4 is 5.91 Å². The lowest BCUT2D eigenvalue weighted by molar-refractivity contribution is -0.128. The van der Waals surface area contributed by atoms with Gasteiger partial charge in [0.15, 0.2) is 0 Å². The van der Waals surface area contributed by atoms with Gasteiger partial charge in [0.1, 0.15) is 18.7 Å². The van der Waals surface area contributed by atoms with E-state index in [-0.39, 0.29) is 18.0 Å². The number of carbonyl (C=O) groups is 1. The SMILES string of the molecule is CC(C(=O)NC1COC1)n1cncn1. The summed E-state index contributed by atoms with van der Waals surface area (Å²) in [6.07, 6.45) is 2.94. The van der Waals surface area contributed by atoms with Gasteiger partial charge >= 0.3 is 0 Å². The van der Waals surface area contributed by atoms with Crippen molar-refractivity contribution in [2.45, 2.75) is 19.0 Å². The zero-order valence-electron chi connectivity index (χ0n) is 7.88. The first-order valence-corrected chi connectivity index (χ1v) is 4.49. The van der Waals surface area contributed by atoms with Crippen LogP contribution in [0.15, 0.2) is 12.7 Å². The second-order valence-electron chi connectivity index (χ2n) is 3.29. The Morgan fingerprint density at radius 2 is 2.50 bits per heavy atom. The maximum absolute atomic E-state index is 11.6. The molecule has 1 aliphatic rings. The molecule has 0 radical (unpaired) electrons. The molecule has 0 saturated carbocycles. The van der Waals surface area contributed by atoms with Gasteiger partial charge < -0.3 is 10.1 Å². The fourth-order valence-corrected chi connectivity index (χ4v) is 1.18. The summed E-state index contributed by atoms with van der Waals surface area (Å²) < 4.78 is 6.48. The van der Waals surface area contributed by atoms with Crippen LogP contribution in [0.2, 0.25) is 0 Å². The van der Waals surface area contributed by atoms with E-state index in [9.17, 15) is 4.79 Å². The topological polar surface area (TPSA) is 69.0 Å². The van der Waals surface area contributed by atoms with Crippen LogP contribution < -0.4 is 5.32 Å². The lowest BCUT2D eigenvalue weighted by Crippen LogP contribution is -2.50. The highest BCUT2D eigenvalue weighted by Gasteiger charge is 2.23. The molecule has 2 heterocycles. The number of ether oxygens (including phenoxy) is 1. The molecule has 76 valence electrons. The third kappa shape index (κ3) is 1.74. The van der Waals surface area contributed by atoms with Crippen molar-refractivity contribution in [2.75, 3.05) is 13.2 Å². The smallest absolute Gasteiger partial charge is 0.245 e. The van der Waals surface area contributed by atoms with Crippen molar-refractivity contribution in [2.24, 2.45) is 0 Å². The van der Waals surface area contributed by atoms with Crippen molar-refractivity contribution in [1.29, 1.82) is 0 Å². The van der Waals surface area contributed by atoms with Gasteiger partial charge in [-0.1, -0.05) is 0 Å². The molecule has 0 aromatic carbocycles. The largest absolute Gasteiger partial charge is 0.377 e. The lowest BCUT2D eigenvalue weighted by Gasteiger charge is -2.27. The summed E-state index contributed by atoms with van der Waals surface area (Å²) in [6.45, 7) is 3.00. The predicted octanol–water partition coefficient (Wildman–Crippen LogP) is -0.646. The van der Waals surface area contributed by atoms with Crippen molar-refractivity contribution < 1.29 is 9.53 Å². The first-order chi connectivity index (χ1) is 6.77. The van der Waals surface area contributed by atoms with Crippen LogP contribution in [0.25, 0.3) is 0 Å². The molecule has 1 fully saturated rings. The molecule has 2 rings (SSSR count). The number of hydrogen-bond acceptors (Lipinski definition) is 4. The molecule has 1 N–H and O–H groups in total. The average molecular weight is 196 g/mol. The van der Waals surface area contributed by atoms with Crippen LogP contribution in [-0.2, 0) is 9.53 Å². The van der Waals surface area contributed by atoms with E-state index in [1.165, 1.54) is 17.3 Å². The highest BCUT2D eigenvalue weighted by Crippen LogP contribution is 2.05. The highest BCUT2D eigenvalue weighted by molar-refractivity contribution is 5.80. The number of rotatable bonds is 3.